The van der Waals surface area contributed by atoms with Gasteiger partial charge in [-0.25, -0.2) is 4.39 Å². The molecule has 154 valence electrons. The summed E-state index contributed by atoms with van der Waals surface area (Å²) in [5.41, 5.74) is 10.0. The Labute approximate surface area is 177 Å². The van der Waals surface area contributed by atoms with Gasteiger partial charge < -0.3 is 10.6 Å². The minimum atomic E-state index is -0.185. The van der Waals surface area contributed by atoms with Crippen molar-refractivity contribution in [1.82, 2.24) is 4.90 Å². The quantitative estimate of drug-likeness (QED) is 0.652. The number of benzene rings is 3. The SMILES string of the molecule is NCC(=O)N(Cc1ccccc1)[C@@H]1c2ccccc2CC[C@H]1Cc1ccccc1F. The molecule has 2 N–H and O–H groups in total. The van der Waals surface area contributed by atoms with Crippen LogP contribution < -0.4 is 5.73 Å². The molecule has 4 heteroatoms. The van der Waals surface area contributed by atoms with Crippen molar-refractivity contribution in [2.75, 3.05) is 6.54 Å². The summed E-state index contributed by atoms with van der Waals surface area (Å²) in [4.78, 5) is 14.9. The molecule has 1 aliphatic carbocycles. The second-order valence-electron chi connectivity index (χ2n) is 7.95. The van der Waals surface area contributed by atoms with Crippen LogP contribution in [0.1, 0.15) is 34.7 Å². The summed E-state index contributed by atoms with van der Waals surface area (Å²) < 4.78 is 14.4. The van der Waals surface area contributed by atoms with Crippen LogP contribution in [-0.4, -0.2) is 17.4 Å². The molecule has 0 aliphatic heterocycles. The molecule has 3 aromatic carbocycles. The molecule has 0 fully saturated rings. The molecule has 0 unspecified atom stereocenters. The van der Waals surface area contributed by atoms with Crippen LogP contribution in [0.4, 0.5) is 4.39 Å². The zero-order chi connectivity index (χ0) is 20.9. The van der Waals surface area contributed by atoms with E-state index in [9.17, 15) is 9.18 Å². The van der Waals surface area contributed by atoms with E-state index < -0.39 is 0 Å². The molecule has 30 heavy (non-hydrogen) atoms. The lowest BCUT2D eigenvalue weighted by molar-refractivity contribution is -0.134. The van der Waals surface area contributed by atoms with Crippen molar-refractivity contribution in [3.8, 4) is 0 Å². The molecule has 0 spiro atoms. The van der Waals surface area contributed by atoms with E-state index in [1.165, 1.54) is 11.6 Å². The minimum absolute atomic E-state index is 0.0437. The third-order valence-corrected chi connectivity index (χ3v) is 6.07. The van der Waals surface area contributed by atoms with Gasteiger partial charge in [-0.2, -0.15) is 0 Å². The van der Waals surface area contributed by atoms with Gasteiger partial charge in [0.25, 0.3) is 0 Å². The fourth-order valence-corrected chi connectivity index (χ4v) is 4.62. The van der Waals surface area contributed by atoms with Crippen molar-refractivity contribution in [1.29, 1.82) is 0 Å². The number of nitrogens with zero attached hydrogens (tertiary/aromatic N) is 1. The summed E-state index contributed by atoms with van der Waals surface area (Å²) in [5.74, 6) is -0.148. The van der Waals surface area contributed by atoms with Gasteiger partial charge in [-0.15, -0.1) is 0 Å². The lowest BCUT2D eigenvalue weighted by atomic mass is 9.76. The molecule has 0 aromatic heterocycles. The van der Waals surface area contributed by atoms with Gasteiger partial charge in [-0.3, -0.25) is 4.79 Å². The van der Waals surface area contributed by atoms with Gasteiger partial charge >= 0.3 is 0 Å². The summed E-state index contributed by atoms with van der Waals surface area (Å²) in [6.07, 6.45) is 2.43. The Balaban J connectivity index is 1.74. The molecule has 0 heterocycles. The number of fused-ring (bicyclic) bond motifs is 1. The van der Waals surface area contributed by atoms with Crippen molar-refractivity contribution in [2.24, 2.45) is 11.7 Å². The fourth-order valence-electron chi connectivity index (χ4n) is 4.62. The monoisotopic (exact) mass is 402 g/mol. The highest BCUT2D eigenvalue weighted by Crippen LogP contribution is 2.41. The number of nitrogens with two attached hydrogens (primary N) is 1. The molecular weight excluding hydrogens is 375 g/mol. The van der Waals surface area contributed by atoms with E-state index in [0.29, 0.717) is 18.5 Å². The van der Waals surface area contributed by atoms with Crippen molar-refractivity contribution in [3.05, 3.63) is 107 Å². The first kappa shape index (κ1) is 20.3. The van der Waals surface area contributed by atoms with E-state index in [2.05, 4.69) is 12.1 Å². The fraction of sp³-hybridized carbons (Fsp3) is 0.269. The number of carbonyl (C=O) groups is 1. The van der Waals surface area contributed by atoms with E-state index in [1.807, 2.05) is 59.5 Å². The van der Waals surface area contributed by atoms with Crippen molar-refractivity contribution < 1.29 is 9.18 Å². The summed E-state index contributed by atoms with van der Waals surface area (Å²) in [5, 5.41) is 0. The van der Waals surface area contributed by atoms with Gasteiger partial charge in [0.15, 0.2) is 0 Å². The summed E-state index contributed by atoms with van der Waals surface area (Å²) in [6.45, 7) is 0.446. The smallest absolute Gasteiger partial charge is 0.237 e. The van der Waals surface area contributed by atoms with Crippen LogP contribution in [-0.2, 0) is 24.2 Å². The molecule has 3 nitrogen and oxygen atoms in total. The molecule has 0 saturated carbocycles. The number of carbonyl (C=O) groups excluding carboxylic acids is 1. The van der Waals surface area contributed by atoms with E-state index in [4.69, 9.17) is 5.73 Å². The summed E-state index contributed by atoms with van der Waals surface area (Å²) in [7, 11) is 0. The molecule has 3 aromatic rings. The largest absolute Gasteiger partial charge is 0.330 e. The predicted molar refractivity (Wildman–Crippen MR) is 117 cm³/mol. The lowest BCUT2D eigenvalue weighted by Gasteiger charge is -2.41. The lowest BCUT2D eigenvalue weighted by Crippen LogP contribution is -2.43. The minimum Gasteiger partial charge on any atom is -0.330 e. The third kappa shape index (κ3) is 4.29. The Morgan fingerprint density at radius 2 is 1.67 bits per heavy atom. The maximum Gasteiger partial charge on any atom is 0.237 e. The van der Waals surface area contributed by atoms with Gasteiger partial charge in [0.05, 0.1) is 12.6 Å². The average Bonchev–Trinajstić information content (AvgIpc) is 2.79. The van der Waals surface area contributed by atoms with Crippen molar-refractivity contribution in [3.63, 3.8) is 0 Å². The van der Waals surface area contributed by atoms with E-state index >= 15 is 0 Å². The second-order valence-corrected chi connectivity index (χ2v) is 7.95. The third-order valence-electron chi connectivity index (χ3n) is 6.07. The molecular formula is C26H27FN2O. The van der Waals surface area contributed by atoms with Crippen molar-refractivity contribution in [2.45, 2.75) is 31.8 Å². The number of aryl methyl sites for hydroxylation is 1. The van der Waals surface area contributed by atoms with Crippen LogP contribution in [0.2, 0.25) is 0 Å². The van der Waals surface area contributed by atoms with Crippen LogP contribution in [0.5, 0.6) is 0 Å². The highest BCUT2D eigenvalue weighted by atomic mass is 19.1. The van der Waals surface area contributed by atoms with Crippen LogP contribution in [0.15, 0.2) is 78.9 Å². The first-order valence-corrected chi connectivity index (χ1v) is 10.5. The molecule has 0 bridgehead atoms. The van der Waals surface area contributed by atoms with Crippen LogP contribution in [0.3, 0.4) is 0 Å². The maximum absolute atomic E-state index is 14.4. The van der Waals surface area contributed by atoms with Gasteiger partial charge in [0, 0.05) is 6.54 Å². The first-order chi connectivity index (χ1) is 14.7. The molecule has 4 rings (SSSR count). The van der Waals surface area contributed by atoms with E-state index in [-0.39, 0.29) is 30.2 Å². The normalized spacial score (nSPS) is 17.9. The van der Waals surface area contributed by atoms with E-state index in [1.54, 1.807) is 6.07 Å². The number of rotatable bonds is 6. The number of hydrogen-bond donors (Lipinski definition) is 1. The number of hydrogen-bond acceptors (Lipinski definition) is 2. The predicted octanol–water partition coefficient (Wildman–Crippen LogP) is 4.66. The standard InChI is InChI=1S/C26H27FN2O/c27-24-13-7-5-11-21(24)16-22-15-14-20-10-4-6-12-23(20)26(22)29(25(30)17-28)18-19-8-2-1-3-9-19/h1-13,22,26H,14-18,28H2/t22-,26-/m0/s1. The highest BCUT2D eigenvalue weighted by Gasteiger charge is 2.36. The maximum atomic E-state index is 14.4. The Hall–Kier alpha value is -2.98. The van der Waals surface area contributed by atoms with Gasteiger partial charge in [0.1, 0.15) is 5.82 Å². The van der Waals surface area contributed by atoms with Crippen LogP contribution in [0, 0.1) is 11.7 Å². The van der Waals surface area contributed by atoms with Crippen LogP contribution >= 0.6 is 0 Å². The molecule has 0 radical (unpaired) electrons. The number of halogens is 1. The Bertz CT molecular complexity index is 1000. The highest BCUT2D eigenvalue weighted by molar-refractivity contribution is 5.78. The van der Waals surface area contributed by atoms with Gasteiger partial charge in [-0.05, 0) is 53.5 Å². The number of amides is 1. The molecule has 2 atom stereocenters. The second kappa shape index (κ2) is 9.23. The van der Waals surface area contributed by atoms with Crippen molar-refractivity contribution >= 4 is 5.91 Å². The first-order valence-electron chi connectivity index (χ1n) is 10.5. The summed E-state index contributed by atoms with van der Waals surface area (Å²) >= 11 is 0. The Morgan fingerprint density at radius 1 is 0.967 bits per heavy atom. The van der Waals surface area contributed by atoms with E-state index in [0.717, 1.165) is 24.0 Å². The molecule has 1 aliphatic rings. The topological polar surface area (TPSA) is 46.3 Å². The molecule has 1 amide bonds. The zero-order valence-electron chi connectivity index (χ0n) is 17.0. The molecule has 0 saturated heterocycles. The average molecular weight is 403 g/mol. The Morgan fingerprint density at radius 3 is 2.43 bits per heavy atom. The van der Waals surface area contributed by atoms with Crippen LogP contribution in [0.25, 0.3) is 0 Å². The van der Waals surface area contributed by atoms with Gasteiger partial charge in [0.2, 0.25) is 5.91 Å². The summed E-state index contributed by atoms with van der Waals surface area (Å²) in [6, 6.07) is 25.1. The Kier molecular flexibility index (Phi) is 6.24. The zero-order valence-corrected chi connectivity index (χ0v) is 17.0. The van der Waals surface area contributed by atoms with Gasteiger partial charge in [-0.1, -0.05) is 72.8 Å².